The average molecular weight is 227 g/mol. The van der Waals surface area contributed by atoms with Crippen molar-refractivity contribution in [3.8, 4) is 0 Å². The second kappa shape index (κ2) is 4.11. The van der Waals surface area contributed by atoms with Gasteiger partial charge >= 0.3 is 0 Å². The van der Waals surface area contributed by atoms with Crippen LogP contribution in [0.2, 0.25) is 0 Å². The molecule has 2 rings (SSSR count). The Morgan fingerprint density at radius 2 is 2.00 bits per heavy atom. The van der Waals surface area contributed by atoms with Gasteiger partial charge in [0.05, 0.1) is 6.61 Å². The number of halogens is 2. The molecule has 0 bridgehead atoms. The second-order valence-corrected chi connectivity index (χ2v) is 4.34. The quantitative estimate of drug-likeness (QED) is 0.860. The zero-order valence-corrected chi connectivity index (χ0v) is 9.22. The molecule has 0 aromatic heterocycles. The van der Waals surface area contributed by atoms with Crippen LogP contribution in [-0.4, -0.2) is 7.11 Å². The number of hydrogen-bond acceptors (Lipinski definition) is 2. The third-order valence-corrected chi connectivity index (χ3v) is 3.24. The third-order valence-electron chi connectivity index (χ3n) is 3.24. The summed E-state index contributed by atoms with van der Waals surface area (Å²) in [5.74, 6) is -1.66. The first-order valence-electron chi connectivity index (χ1n) is 5.33. The summed E-state index contributed by atoms with van der Waals surface area (Å²) in [7, 11) is 1.45. The number of benzene rings is 1. The van der Waals surface area contributed by atoms with E-state index in [-0.39, 0.29) is 17.7 Å². The number of nitrogens with two attached hydrogens (primary N) is 1. The molecule has 0 heterocycles. The molecule has 1 aliphatic rings. The van der Waals surface area contributed by atoms with E-state index < -0.39 is 17.2 Å². The molecule has 0 unspecified atom stereocenters. The topological polar surface area (TPSA) is 35.2 Å². The fraction of sp³-hybridized carbons (Fsp3) is 0.500. The van der Waals surface area contributed by atoms with E-state index in [1.807, 2.05) is 0 Å². The maximum absolute atomic E-state index is 13.8. The van der Waals surface area contributed by atoms with Crippen LogP contribution >= 0.6 is 0 Å². The van der Waals surface area contributed by atoms with E-state index in [2.05, 4.69) is 0 Å². The molecule has 1 fully saturated rings. The standard InChI is InChI=1S/C12H15F2NO/c1-16-7-8-3-4-9(11(14)10(8)13)12(15)5-2-6-12/h3-4H,2,5-7,15H2,1H3. The minimum absolute atomic E-state index is 0.0700. The molecule has 0 atom stereocenters. The average Bonchev–Trinajstić information content (AvgIpc) is 2.22. The van der Waals surface area contributed by atoms with Gasteiger partial charge in [-0.25, -0.2) is 8.78 Å². The Morgan fingerprint density at radius 3 is 2.50 bits per heavy atom. The van der Waals surface area contributed by atoms with Crippen molar-refractivity contribution in [2.75, 3.05) is 7.11 Å². The lowest BCUT2D eigenvalue weighted by Crippen LogP contribution is -2.44. The van der Waals surface area contributed by atoms with Crippen molar-refractivity contribution < 1.29 is 13.5 Å². The first-order valence-corrected chi connectivity index (χ1v) is 5.33. The zero-order valence-electron chi connectivity index (χ0n) is 9.22. The van der Waals surface area contributed by atoms with E-state index in [9.17, 15) is 8.78 Å². The van der Waals surface area contributed by atoms with Crippen molar-refractivity contribution in [2.45, 2.75) is 31.4 Å². The highest BCUT2D eigenvalue weighted by Gasteiger charge is 2.37. The van der Waals surface area contributed by atoms with Crippen LogP contribution in [0.4, 0.5) is 8.78 Å². The molecule has 0 aliphatic heterocycles. The van der Waals surface area contributed by atoms with Crippen molar-refractivity contribution >= 4 is 0 Å². The van der Waals surface area contributed by atoms with Crippen molar-refractivity contribution in [3.63, 3.8) is 0 Å². The monoisotopic (exact) mass is 227 g/mol. The molecule has 0 amide bonds. The lowest BCUT2D eigenvalue weighted by molar-refractivity contribution is 0.179. The lowest BCUT2D eigenvalue weighted by Gasteiger charge is -2.38. The maximum Gasteiger partial charge on any atom is 0.164 e. The van der Waals surface area contributed by atoms with E-state index in [1.165, 1.54) is 7.11 Å². The van der Waals surface area contributed by atoms with Crippen LogP contribution in [0, 0.1) is 11.6 Å². The van der Waals surface area contributed by atoms with Gasteiger partial charge in [0.15, 0.2) is 11.6 Å². The Morgan fingerprint density at radius 1 is 1.31 bits per heavy atom. The van der Waals surface area contributed by atoms with Crippen LogP contribution in [0.5, 0.6) is 0 Å². The molecule has 2 N–H and O–H groups in total. The normalized spacial score (nSPS) is 18.2. The number of hydrogen-bond donors (Lipinski definition) is 1. The maximum atomic E-state index is 13.8. The zero-order chi connectivity index (χ0) is 11.8. The number of ether oxygens (including phenoxy) is 1. The van der Waals surface area contributed by atoms with E-state index in [1.54, 1.807) is 12.1 Å². The van der Waals surface area contributed by atoms with Crippen LogP contribution in [0.3, 0.4) is 0 Å². The van der Waals surface area contributed by atoms with Gasteiger partial charge in [-0.3, -0.25) is 0 Å². The van der Waals surface area contributed by atoms with Crippen molar-refractivity contribution in [3.05, 3.63) is 34.9 Å². The summed E-state index contributed by atoms with van der Waals surface area (Å²) >= 11 is 0. The molecule has 0 saturated heterocycles. The summed E-state index contributed by atoms with van der Waals surface area (Å²) in [4.78, 5) is 0. The van der Waals surface area contributed by atoms with Crippen molar-refractivity contribution in [2.24, 2.45) is 5.73 Å². The predicted molar refractivity (Wildman–Crippen MR) is 56.8 cm³/mol. The van der Waals surface area contributed by atoms with Gasteiger partial charge in [-0.05, 0) is 19.3 Å². The van der Waals surface area contributed by atoms with Crippen molar-refractivity contribution in [1.29, 1.82) is 0 Å². The fourth-order valence-corrected chi connectivity index (χ4v) is 2.07. The summed E-state index contributed by atoms with van der Waals surface area (Å²) in [5.41, 5.74) is 5.83. The van der Waals surface area contributed by atoms with Gasteiger partial charge in [-0.1, -0.05) is 12.1 Å². The molecule has 1 aromatic carbocycles. The fourth-order valence-electron chi connectivity index (χ4n) is 2.07. The Hall–Kier alpha value is -1.00. The van der Waals surface area contributed by atoms with E-state index in [4.69, 9.17) is 10.5 Å². The molecule has 1 aromatic rings. The van der Waals surface area contributed by atoms with E-state index >= 15 is 0 Å². The van der Waals surface area contributed by atoms with Crippen LogP contribution < -0.4 is 5.73 Å². The molecule has 0 spiro atoms. The smallest absolute Gasteiger partial charge is 0.164 e. The minimum atomic E-state index is -0.837. The number of rotatable bonds is 3. The molecule has 1 saturated carbocycles. The predicted octanol–water partition coefficient (Wildman–Crippen LogP) is 2.45. The van der Waals surface area contributed by atoms with Crippen molar-refractivity contribution in [1.82, 2.24) is 0 Å². The third kappa shape index (κ3) is 1.72. The Labute approximate surface area is 93.4 Å². The molecule has 0 radical (unpaired) electrons. The largest absolute Gasteiger partial charge is 0.380 e. The van der Waals surface area contributed by atoms with Gasteiger partial charge in [0.25, 0.3) is 0 Å². The summed E-state index contributed by atoms with van der Waals surface area (Å²) in [5, 5.41) is 0. The Bertz CT molecular complexity index is 402. The van der Waals surface area contributed by atoms with Gasteiger partial charge in [-0.15, -0.1) is 0 Å². The van der Waals surface area contributed by atoms with E-state index in [0.29, 0.717) is 12.8 Å². The molecule has 2 nitrogen and oxygen atoms in total. The number of methoxy groups -OCH3 is 1. The van der Waals surface area contributed by atoms with Gasteiger partial charge in [0.2, 0.25) is 0 Å². The summed E-state index contributed by atoms with van der Waals surface area (Å²) in [6, 6.07) is 3.12. The van der Waals surface area contributed by atoms with Gasteiger partial charge < -0.3 is 10.5 Å². The summed E-state index contributed by atoms with van der Waals surface area (Å²) in [6.45, 7) is 0.0700. The van der Waals surface area contributed by atoms with Gasteiger partial charge in [-0.2, -0.15) is 0 Å². The van der Waals surface area contributed by atoms with Gasteiger partial charge in [0.1, 0.15) is 0 Å². The van der Waals surface area contributed by atoms with Gasteiger partial charge in [0, 0.05) is 23.8 Å². The van der Waals surface area contributed by atoms with Crippen LogP contribution in [0.1, 0.15) is 30.4 Å². The highest BCUT2D eigenvalue weighted by atomic mass is 19.2. The first-order chi connectivity index (χ1) is 7.58. The minimum Gasteiger partial charge on any atom is -0.380 e. The van der Waals surface area contributed by atoms with Crippen LogP contribution in [-0.2, 0) is 16.9 Å². The molecule has 88 valence electrons. The van der Waals surface area contributed by atoms with Crippen LogP contribution in [0.15, 0.2) is 12.1 Å². The first kappa shape index (κ1) is 11.5. The summed E-state index contributed by atoms with van der Waals surface area (Å²) in [6.07, 6.45) is 2.40. The Kier molecular flexibility index (Phi) is 2.95. The van der Waals surface area contributed by atoms with Crippen LogP contribution in [0.25, 0.3) is 0 Å². The molecule has 1 aliphatic carbocycles. The van der Waals surface area contributed by atoms with E-state index in [0.717, 1.165) is 6.42 Å². The molecular formula is C12H15F2NO. The SMILES string of the molecule is COCc1ccc(C2(N)CCC2)c(F)c1F. The lowest BCUT2D eigenvalue weighted by atomic mass is 9.72. The Balaban J connectivity index is 2.38. The highest BCUT2D eigenvalue weighted by Crippen LogP contribution is 2.40. The highest BCUT2D eigenvalue weighted by molar-refractivity contribution is 5.32. The molecule has 16 heavy (non-hydrogen) atoms. The second-order valence-electron chi connectivity index (χ2n) is 4.34. The molecular weight excluding hydrogens is 212 g/mol. The molecule has 4 heteroatoms. The summed E-state index contributed by atoms with van der Waals surface area (Å²) < 4.78 is 32.2.